The van der Waals surface area contributed by atoms with E-state index in [4.69, 9.17) is 4.74 Å². The predicted octanol–water partition coefficient (Wildman–Crippen LogP) is 17.5. The molecule has 0 radical (unpaired) electrons. The fourth-order valence-electron chi connectivity index (χ4n) is 7.95. The van der Waals surface area contributed by atoms with Crippen molar-refractivity contribution in [2.45, 2.75) is 296 Å². The van der Waals surface area contributed by atoms with Crippen molar-refractivity contribution in [3.8, 4) is 0 Å². The molecule has 0 fully saturated rings. The van der Waals surface area contributed by atoms with E-state index in [2.05, 4.69) is 26.1 Å². The highest BCUT2D eigenvalue weighted by molar-refractivity contribution is 8.93. The molecule has 0 atom stereocenters. The van der Waals surface area contributed by atoms with Gasteiger partial charge in [0.2, 0.25) is 0 Å². The Bertz CT molecular complexity index is 622. The molecular weight excluding hydrogens is 714 g/mol. The summed E-state index contributed by atoms with van der Waals surface area (Å²) < 4.78 is 5.61. The van der Waals surface area contributed by atoms with Crippen LogP contribution in [0.4, 0.5) is 0 Å². The molecule has 320 valence electrons. The molecule has 0 aliphatic rings. The average Bonchev–Trinajstić information content (AvgIpc) is 3.15. The molecule has 0 saturated heterocycles. The Morgan fingerprint density at radius 1 is 0.377 bits per heavy atom. The van der Waals surface area contributed by atoms with Gasteiger partial charge < -0.3 is 10.1 Å². The SMILES string of the molecule is Br.CCCCCCCCCCCCCCCCCCC(CCCCCCCCCCCCCCCCCC)NCCOC(=O)CCCCCCCCC. The summed E-state index contributed by atoms with van der Waals surface area (Å²) in [6.07, 6.45) is 57.5. The molecule has 0 bridgehead atoms. The van der Waals surface area contributed by atoms with Gasteiger partial charge in [0.15, 0.2) is 0 Å². The van der Waals surface area contributed by atoms with Gasteiger partial charge in [-0.1, -0.05) is 265 Å². The van der Waals surface area contributed by atoms with Gasteiger partial charge in [0.1, 0.15) is 6.61 Å². The molecule has 0 aliphatic carbocycles. The van der Waals surface area contributed by atoms with Crippen LogP contribution in [0, 0.1) is 0 Å². The summed E-state index contributed by atoms with van der Waals surface area (Å²) in [5, 5.41) is 3.80. The molecule has 0 aromatic carbocycles. The van der Waals surface area contributed by atoms with Gasteiger partial charge in [-0.2, -0.15) is 0 Å². The zero-order chi connectivity index (χ0) is 37.7. The number of ether oxygens (including phenoxy) is 1. The predicted molar refractivity (Wildman–Crippen MR) is 244 cm³/mol. The van der Waals surface area contributed by atoms with E-state index in [-0.39, 0.29) is 23.0 Å². The Morgan fingerprint density at radius 2 is 0.623 bits per heavy atom. The molecule has 0 spiro atoms. The zero-order valence-corrected chi connectivity index (χ0v) is 38.6. The fraction of sp³-hybridized carbons (Fsp3) is 0.980. The lowest BCUT2D eigenvalue weighted by Gasteiger charge is -2.19. The van der Waals surface area contributed by atoms with Gasteiger partial charge in [-0.15, -0.1) is 17.0 Å². The molecule has 53 heavy (non-hydrogen) atoms. The first-order valence-corrected chi connectivity index (χ1v) is 24.6. The quantitative estimate of drug-likeness (QED) is 0.0491. The number of esters is 1. The molecule has 0 aromatic heterocycles. The Labute approximate surface area is 346 Å². The molecule has 1 N–H and O–H groups in total. The lowest BCUT2D eigenvalue weighted by molar-refractivity contribution is -0.143. The minimum absolute atomic E-state index is 0. The molecule has 0 amide bonds. The molecule has 0 aliphatic heterocycles. The van der Waals surface area contributed by atoms with Gasteiger partial charge in [-0.3, -0.25) is 4.79 Å². The van der Waals surface area contributed by atoms with Crippen molar-refractivity contribution >= 4 is 23.0 Å². The van der Waals surface area contributed by atoms with Gasteiger partial charge in [-0.25, -0.2) is 0 Å². The van der Waals surface area contributed by atoms with E-state index in [1.165, 1.54) is 250 Å². The third kappa shape index (κ3) is 48.0. The summed E-state index contributed by atoms with van der Waals surface area (Å²) in [6, 6.07) is 0.583. The Balaban J connectivity index is 0. The van der Waals surface area contributed by atoms with Crippen molar-refractivity contribution in [1.82, 2.24) is 5.32 Å². The van der Waals surface area contributed by atoms with Crippen LogP contribution in [0.1, 0.15) is 290 Å². The van der Waals surface area contributed by atoms with E-state index in [1.807, 2.05) is 0 Å². The van der Waals surface area contributed by atoms with Gasteiger partial charge >= 0.3 is 5.97 Å². The molecule has 4 heteroatoms. The van der Waals surface area contributed by atoms with E-state index in [0.717, 1.165) is 19.4 Å². The van der Waals surface area contributed by atoms with Crippen molar-refractivity contribution in [2.75, 3.05) is 13.2 Å². The van der Waals surface area contributed by atoms with E-state index in [9.17, 15) is 4.79 Å². The number of carbonyl (C=O) groups is 1. The summed E-state index contributed by atoms with van der Waals surface area (Å²) in [4.78, 5) is 12.2. The van der Waals surface area contributed by atoms with Crippen LogP contribution in [0.2, 0.25) is 0 Å². The van der Waals surface area contributed by atoms with Crippen LogP contribution in [0.25, 0.3) is 0 Å². The topological polar surface area (TPSA) is 38.3 Å². The lowest BCUT2D eigenvalue weighted by atomic mass is 9.99. The van der Waals surface area contributed by atoms with E-state index in [1.54, 1.807) is 0 Å². The van der Waals surface area contributed by atoms with Crippen LogP contribution in [0.5, 0.6) is 0 Å². The van der Waals surface area contributed by atoms with Crippen LogP contribution in [0.15, 0.2) is 0 Å². The van der Waals surface area contributed by atoms with Crippen LogP contribution < -0.4 is 5.32 Å². The molecule has 3 nitrogen and oxygen atoms in total. The van der Waals surface area contributed by atoms with Crippen LogP contribution in [-0.4, -0.2) is 25.2 Å². The number of unbranched alkanes of at least 4 members (excludes halogenated alkanes) is 36. The Hall–Kier alpha value is -0.0900. The second-order valence-electron chi connectivity index (χ2n) is 16.9. The highest BCUT2D eigenvalue weighted by Gasteiger charge is 2.09. The largest absolute Gasteiger partial charge is 0.464 e. The summed E-state index contributed by atoms with van der Waals surface area (Å²) in [6.45, 7) is 8.21. The van der Waals surface area contributed by atoms with Crippen LogP contribution in [-0.2, 0) is 9.53 Å². The standard InChI is InChI=1S/C49H99NO2.BrH/c1-4-7-10-13-16-18-20-22-24-26-28-30-32-35-37-40-43-48(50-46-47-52-49(51)45-42-39-34-15-12-9-6-3)44-41-38-36-33-31-29-27-25-23-21-19-17-14-11-8-5-2;/h48,50H,4-47H2,1-3H3;1H. The maximum atomic E-state index is 12.2. The van der Waals surface area contributed by atoms with Crippen molar-refractivity contribution in [3.63, 3.8) is 0 Å². The molecule has 0 aromatic rings. The minimum Gasteiger partial charge on any atom is -0.464 e. The van der Waals surface area contributed by atoms with E-state index < -0.39 is 0 Å². The number of hydrogen-bond donors (Lipinski definition) is 1. The third-order valence-electron chi connectivity index (χ3n) is 11.6. The van der Waals surface area contributed by atoms with Gasteiger partial charge in [0.25, 0.3) is 0 Å². The second kappa shape index (κ2) is 49.9. The first-order chi connectivity index (χ1) is 25.7. The minimum atomic E-state index is 0. The number of halogens is 1. The van der Waals surface area contributed by atoms with E-state index >= 15 is 0 Å². The smallest absolute Gasteiger partial charge is 0.305 e. The number of hydrogen-bond acceptors (Lipinski definition) is 3. The summed E-state index contributed by atoms with van der Waals surface area (Å²) >= 11 is 0. The summed E-state index contributed by atoms with van der Waals surface area (Å²) in [5.41, 5.74) is 0. The molecule has 0 rings (SSSR count). The third-order valence-corrected chi connectivity index (χ3v) is 11.6. The van der Waals surface area contributed by atoms with Crippen LogP contribution >= 0.6 is 17.0 Å². The lowest BCUT2D eigenvalue weighted by Crippen LogP contribution is -2.32. The van der Waals surface area contributed by atoms with Crippen molar-refractivity contribution in [2.24, 2.45) is 0 Å². The highest BCUT2D eigenvalue weighted by Crippen LogP contribution is 2.18. The van der Waals surface area contributed by atoms with Gasteiger partial charge in [0, 0.05) is 19.0 Å². The first-order valence-electron chi connectivity index (χ1n) is 24.6. The van der Waals surface area contributed by atoms with E-state index in [0.29, 0.717) is 19.1 Å². The first kappa shape index (κ1) is 55.0. The number of carbonyl (C=O) groups excluding carboxylic acids is 1. The maximum absolute atomic E-state index is 12.2. The highest BCUT2D eigenvalue weighted by atomic mass is 79.9. The average molecular weight is 815 g/mol. The zero-order valence-electron chi connectivity index (χ0n) is 36.9. The van der Waals surface area contributed by atoms with Crippen molar-refractivity contribution in [1.29, 1.82) is 0 Å². The maximum Gasteiger partial charge on any atom is 0.305 e. The monoisotopic (exact) mass is 814 g/mol. The molecular formula is C49H100BrNO2. The summed E-state index contributed by atoms with van der Waals surface area (Å²) in [5.74, 6) is 0.00233. The van der Waals surface area contributed by atoms with Crippen molar-refractivity contribution in [3.05, 3.63) is 0 Å². The molecule has 0 saturated carbocycles. The Kier molecular flexibility index (Phi) is 51.8. The normalized spacial score (nSPS) is 11.4. The Morgan fingerprint density at radius 3 is 0.906 bits per heavy atom. The van der Waals surface area contributed by atoms with Gasteiger partial charge in [-0.05, 0) is 19.3 Å². The molecule has 0 unspecified atom stereocenters. The fourth-order valence-corrected chi connectivity index (χ4v) is 7.95. The van der Waals surface area contributed by atoms with Crippen molar-refractivity contribution < 1.29 is 9.53 Å². The second-order valence-corrected chi connectivity index (χ2v) is 16.9. The van der Waals surface area contributed by atoms with Gasteiger partial charge in [0.05, 0.1) is 0 Å². The van der Waals surface area contributed by atoms with Crippen LogP contribution in [0.3, 0.4) is 0 Å². The summed E-state index contributed by atoms with van der Waals surface area (Å²) in [7, 11) is 0. The number of nitrogens with one attached hydrogen (secondary N) is 1. The molecule has 0 heterocycles. The number of rotatable bonds is 46.